The number of carboxylic acids is 1. The molecule has 0 aliphatic carbocycles. The molecule has 1 fully saturated rings. The summed E-state index contributed by atoms with van der Waals surface area (Å²) in [6, 6.07) is -2.06. The maximum absolute atomic E-state index is 12.5. The number of amides is 2. The second kappa shape index (κ2) is 6.83. The summed E-state index contributed by atoms with van der Waals surface area (Å²) >= 11 is 0. The van der Waals surface area contributed by atoms with E-state index in [4.69, 9.17) is 4.74 Å². The number of halogens is 3. The van der Waals surface area contributed by atoms with Gasteiger partial charge in [0.2, 0.25) is 0 Å². The zero-order valence-electron chi connectivity index (χ0n) is 14.9. The molecule has 0 bridgehead atoms. The maximum Gasteiger partial charge on any atom is 0.534 e. The molecule has 2 heterocycles. The van der Waals surface area contributed by atoms with Crippen LogP contribution in [-0.4, -0.2) is 59.6 Å². The highest BCUT2D eigenvalue weighted by Crippen LogP contribution is 2.39. The predicted octanol–water partition coefficient (Wildman–Crippen LogP) is 1.05. The zero-order valence-corrected chi connectivity index (χ0v) is 15.7. The Morgan fingerprint density at radius 2 is 1.82 bits per heavy atom. The number of nitrogens with zero attached hydrogens (tertiary/aromatic N) is 1. The fourth-order valence-corrected chi connectivity index (χ4v) is 3.25. The molecule has 10 nitrogen and oxygen atoms in total. The van der Waals surface area contributed by atoms with Crippen LogP contribution in [0.2, 0.25) is 0 Å². The molecule has 2 N–H and O–H groups in total. The largest absolute Gasteiger partial charge is 0.534 e. The summed E-state index contributed by atoms with van der Waals surface area (Å²) in [4.78, 5) is 36.1. The van der Waals surface area contributed by atoms with Crippen LogP contribution < -0.4 is 5.32 Å². The summed E-state index contributed by atoms with van der Waals surface area (Å²) < 4.78 is 68.8. The summed E-state index contributed by atoms with van der Waals surface area (Å²) in [5.41, 5.74) is -7.64. The summed E-state index contributed by atoms with van der Waals surface area (Å²) in [6.07, 6.45) is -1.57. The van der Waals surface area contributed by atoms with E-state index < -0.39 is 69.2 Å². The predicted molar refractivity (Wildman–Crippen MR) is 83.7 cm³/mol. The number of carbonyl (C=O) groups excluding carboxylic acids is 2. The van der Waals surface area contributed by atoms with Gasteiger partial charge in [-0.05, 0) is 27.2 Å². The van der Waals surface area contributed by atoms with E-state index in [-0.39, 0.29) is 6.42 Å². The van der Waals surface area contributed by atoms with Crippen LogP contribution in [0.3, 0.4) is 0 Å². The van der Waals surface area contributed by atoms with Crippen LogP contribution in [0.1, 0.15) is 33.6 Å². The van der Waals surface area contributed by atoms with E-state index in [1.165, 1.54) is 0 Å². The molecule has 2 rings (SSSR count). The number of carbonyl (C=O) groups is 3. The van der Waals surface area contributed by atoms with Crippen molar-refractivity contribution in [3.63, 3.8) is 0 Å². The number of alkyl halides is 3. The number of β-lactam (4-membered cyclic amide) rings is 1. The van der Waals surface area contributed by atoms with Crippen LogP contribution in [0.4, 0.5) is 18.0 Å². The summed E-state index contributed by atoms with van der Waals surface area (Å²) in [7, 11) is -6.10. The Balaban J connectivity index is 2.24. The summed E-state index contributed by atoms with van der Waals surface area (Å²) in [5, 5.41) is 11.5. The second-order valence-electron chi connectivity index (χ2n) is 7.00. The fraction of sp³-hybridized carbons (Fsp3) is 0.643. The molecule has 2 aliphatic heterocycles. The van der Waals surface area contributed by atoms with E-state index in [0.717, 1.165) is 0 Å². The van der Waals surface area contributed by atoms with Gasteiger partial charge in [-0.1, -0.05) is 0 Å². The number of hydrogen-bond acceptors (Lipinski definition) is 7. The van der Waals surface area contributed by atoms with Gasteiger partial charge in [-0.25, -0.2) is 9.59 Å². The first-order valence-electron chi connectivity index (χ1n) is 7.85. The number of nitrogens with one attached hydrogen (secondary N) is 1. The Labute approximate surface area is 157 Å². The van der Waals surface area contributed by atoms with Crippen molar-refractivity contribution in [3.05, 3.63) is 11.5 Å². The number of allylic oxidation sites excluding steroid dienone is 1. The van der Waals surface area contributed by atoms with Crippen molar-refractivity contribution in [2.24, 2.45) is 0 Å². The number of carboxylic acid groups (broad SMARTS) is 1. The molecule has 0 saturated carbocycles. The van der Waals surface area contributed by atoms with Crippen molar-refractivity contribution < 1.29 is 50.0 Å². The standard InChI is InChI=1S/C14H17F3N2O8S/c1-13(2,3)26-12(23)18-8-6-4-5-7(27-28(24,25)14(15,16)17)9(11(21)22)19(6)10(8)20/h6,8H,4-5H2,1-3H3,(H,18,23)(H,21,22)/t6-,8-/m0/s1. The highest BCUT2D eigenvalue weighted by Gasteiger charge is 2.56. The average molecular weight is 430 g/mol. The number of aliphatic carboxylic acids is 1. The molecular weight excluding hydrogens is 413 g/mol. The normalized spacial score (nSPS) is 22.9. The summed E-state index contributed by atoms with van der Waals surface area (Å²) in [6.45, 7) is 4.74. The number of hydrogen-bond donors (Lipinski definition) is 2. The van der Waals surface area contributed by atoms with Crippen LogP contribution in [-0.2, 0) is 28.6 Å². The van der Waals surface area contributed by atoms with Crippen molar-refractivity contribution in [2.45, 2.75) is 56.8 Å². The first-order chi connectivity index (χ1) is 12.5. The van der Waals surface area contributed by atoms with Crippen molar-refractivity contribution >= 4 is 28.1 Å². The molecule has 158 valence electrons. The van der Waals surface area contributed by atoms with Crippen molar-refractivity contribution in [1.29, 1.82) is 0 Å². The number of fused-ring (bicyclic) bond motifs is 1. The SMILES string of the molecule is CC(C)(C)OC(=O)N[C@@H]1C(=O)N2C(C(=O)O)=C(OS(=O)(=O)C(F)(F)F)CC[C@@H]12. The van der Waals surface area contributed by atoms with Gasteiger partial charge in [-0.2, -0.15) is 21.6 Å². The topological polar surface area (TPSA) is 139 Å². The number of alkyl carbamates (subject to hydrolysis) is 1. The number of rotatable bonds is 4. The van der Waals surface area contributed by atoms with Gasteiger partial charge in [-0.3, -0.25) is 9.69 Å². The van der Waals surface area contributed by atoms with Crippen LogP contribution >= 0.6 is 0 Å². The van der Waals surface area contributed by atoms with Gasteiger partial charge in [-0.15, -0.1) is 0 Å². The first-order valence-corrected chi connectivity index (χ1v) is 9.26. The first kappa shape index (κ1) is 21.8. The Bertz CT molecular complexity index is 844. The zero-order chi connectivity index (χ0) is 21.7. The van der Waals surface area contributed by atoms with Gasteiger partial charge in [0.25, 0.3) is 5.91 Å². The lowest BCUT2D eigenvalue weighted by atomic mass is 9.86. The highest BCUT2D eigenvalue weighted by atomic mass is 32.2. The molecule has 0 spiro atoms. The van der Waals surface area contributed by atoms with Crippen LogP contribution in [0.15, 0.2) is 11.5 Å². The van der Waals surface area contributed by atoms with Gasteiger partial charge in [0.1, 0.15) is 11.6 Å². The van der Waals surface area contributed by atoms with Gasteiger partial charge in [0, 0.05) is 6.42 Å². The Morgan fingerprint density at radius 1 is 1.25 bits per heavy atom. The van der Waals surface area contributed by atoms with Crippen molar-refractivity contribution in [1.82, 2.24) is 10.2 Å². The van der Waals surface area contributed by atoms with Crippen LogP contribution in [0.5, 0.6) is 0 Å². The fourth-order valence-electron chi connectivity index (χ4n) is 2.72. The van der Waals surface area contributed by atoms with Gasteiger partial charge in [0.05, 0.1) is 6.04 Å². The third kappa shape index (κ3) is 4.15. The van der Waals surface area contributed by atoms with E-state index in [0.29, 0.717) is 4.90 Å². The van der Waals surface area contributed by atoms with Crippen molar-refractivity contribution in [2.75, 3.05) is 0 Å². The Hall–Kier alpha value is -2.51. The van der Waals surface area contributed by atoms with Crippen LogP contribution in [0, 0.1) is 0 Å². The van der Waals surface area contributed by atoms with E-state index in [9.17, 15) is 41.1 Å². The lowest BCUT2D eigenvalue weighted by Crippen LogP contribution is -2.71. The molecule has 0 aromatic carbocycles. The van der Waals surface area contributed by atoms with Crippen LogP contribution in [0.25, 0.3) is 0 Å². The highest BCUT2D eigenvalue weighted by molar-refractivity contribution is 7.87. The minimum atomic E-state index is -6.10. The van der Waals surface area contributed by atoms with Gasteiger partial charge in [0.15, 0.2) is 11.5 Å². The molecule has 0 radical (unpaired) electrons. The molecule has 1 saturated heterocycles. The van der Waals surface area contributed by atoms with Gasteiger partial charge >= 0.3 is 27.7 Å². The maximum atomic E-state index is 12.5. The summed E-state index contributed by atoms with van der Waals surface area (Å²) in [5.74, 6) is -3.80. The van der Waals surface area contributed by atoms with Gasteiger partial charge < -0.3 is 19.3 Å². The lowest BCUT2D eigenvalue weighted by Gasteiger charge is -2.49. The van der Waals surface area contributed by atoms with Crippen molar-refractivity contribution in [3.8, 4) is 0 Å². The number of ether oxygens (including phenoxy) is 1. The Morgan fingerprint density at radius 3 is 2.29 bits per heavy atom. The lowest BCUT2D eigenvalue weighted by molar-refractivity contribution is -0.154. The third-order valence-corrected chi connectivity index (χ3v) is 4.75. The molecule has 28 heavy (non-hydrogen) atoms. The molecule has 0 unspecified atom stereocenters. The van der Waals surface area contributed by atoms with E-state index in [1.54, 1.807) is 20.8 Å². The van der Waals surface area contributed by atoms with E-state index in [1.807, 2.05) is 0 Å². The molecule has 0 aromatic heterocycles. The third-order valence-electron chi connectivity index (χ3n) is 3.76. The molecule has 2 amide bonds. The quantitative estimate of drug-likeness (QED) is 0.383. The average Bonchev–Trinajstić information content (AvgIpc) is 2.48. The van der Waals surface area contributed by atoms with E-state index in [2.05, 4.69) is 9.50 Å². The molecular formula is C14H17F3N2O8S. The minimum absolute atomic E-state index is 0.133. The smallest absolute Gasteiger partial charge is 0.476 e. The second-order valence-corrected chi connectivity index (χ2v) is 8.54. The Kier molecular flexibility index (Phi) is 5.31. The monoisotopic (exact) mass is 430 g/mol. The molecule has 2 aliphatic rings. The molecule has 0 aromatic rings. The minimum Gasteiger partial charge on any atom is -0.476 e. The molecule has 14 heteroatoms. The molecule has 2 atom stereocenters. The van der Waals surface area contributed by atoms with E-state index >= 15 is 0 Å².